The molecule has 6 nitrogen and oxygen atoms in total. The number of nitrogens with one attached hydrogen (secondary N) is 1. The van der Waals surface area contributed by atoms with E-state index in [1.807, 2.05) is 61.5 Å². The van der Waals surface area contributed by atoms with Crippen molar-refractivity contribution >= 4 is 23.0 Å². The molecule has 0 radical (unpaired) electrons. The Balaban J connectivity index is 1.67. The molecule has 0 spiro atoms. The molecular formula is C23H27N3O3. The third kappa shape index (κ3) is 5.16. The number of carbonyl (C=O) groups is 1. The summed E-state index contributed by atoms with van der Waals surface area (Å²) in [5.74, 6) is 2.23. The van der Waals surface area contributed by atoms with Crippen LogP contribution < -0.4 is 14.8 Å². The van der Waals surface area contributed by atoms with Crippen LogP contribution in [-0.4, -0.2) is 29.2 Å². The number of aryl methyl sites for hydroxylation is 1. The summed E-state index contributed by atoms with van der Waals surface area (Å²) in [5, 5.41) is 2.83. The van der Waals surface area contributed by atoms with E-state index >= 15 is 0 Å². The molecule has 0 saturated heterocycles. The van der Waals surface area contributed by atoms with Crippen LogP contribution in [0, 0.1) is 0 Å². The fourth-order valence-electron chi connectivity index (χ4n) is 3.22. The molecule has 0 bridgehead atoms. The lowest BCUT2D eigenvalue weighted by Gasteiger charge is -2.13. The molecule has 3 rings (SSSR count). The molecule has 0 aliphatic rings. The van der Waals surface area contributed by atoms with E-state index in [9.17, 15) is 4.79 Å². The van der Waals surface area contributed by atoms with Gasteiger partial charge in [0.2, 0.25) is 5.91 Å². The van der Waals surface area contributed by atoms with Gasteiger partial charge in [0.05, 0.1) is 31.3 Å². The number of hydrogen-bond acceptors (Lipinski definition) is 4. The van der Waals surface area contributed by atoms with Crippen LogP contribution >= 0.6 is 0 Å². The summed E-state index contributed by atoms with van der Waals surface area (Å²) in [6.45, 7) is 5.19. The van der Waals surface area contributed by atoms with E-state index in [1.54, 1.807) is 7.11 Å². The number of rotatable bonds is 9. The molecule has 0 aliphatic heterocycles. The Kier molecular flexibility index (Phi) is 6.89. The van der Waals surface area contributed by atoms with Crippen LogP contribution in [0.1, 0.15) is 31.7 Å². The predicted molar refractivity (Wildman–Crippen MR) is 115 cm³/mol. The van der Waals surface area contributed by atoms with E-state index in [2.05, 4.69) is 14.9 Å². The average molecular weight is 393 g/mol. The van der Waals surface area contributed by atoms with Crippen molar-refractivity contribution in [3.63, 3.8) is 0 Å². The molecule has 2 aromatic carbocycles. The average Bonchev–Trinajstić information content (AvgIpc) is 3.08. The third-order valence-corrected chi connectivity index (χ3v) is 4.56. The molecule has 0 fully saturated rings. The molecule has 1 aromatic heterocycles. The highest BCUT2D eigenvalue weighted by Crippen LogP contribution is 2.28. The zero-order valence-corrected chi connectivity index (χ0v) is 17.1. The Bertz CT molecular complexity index is 1010. The van der Waals surface area contributed by atoms with Gasteiger partial charge in [0.1, 0.15) is 5.82 Å². The van der Waals surface area contributed by atoms with Crippen LogP contribution in [-0.2, 0) is 17.9 Å². The zero-order chi connectivity index (χ0) is 20.6. The molecule has 3 aromatic rings. The fraction of sp³-hybridized carbons (Fsp3) is 0.304. The second kappa shape index (κ2) is 9.78. The lowest BCUT2D eigenvalue weighted by Crippen LogP contribution is -2.22. The van der Waals surface area contributed by atoms with Gasteiger partial charge in [-0.2, -0.15) is 0 Å². The minimum atomic E-state index is -0.0691. The van der Waals surface area contributed by atoms with Crippen molar-refractivity contribution in [2.45, 2.75) is 33.4 Å². The summed E-state index contributed by atoms with van der Waals surface area (Å²) >= 11 is 0. The van der Waals surface area contributed by atoms with Crippen molar-refractivity contribution in [2.75, 3.05) is 13.7 Å². The number of methoxy groups -OCH3 is 1. The normalized spacial score (nSPS) is 11.1. The van der Waals surface area contributed by atoms with Crippen molar-refractivity contribution < 1.29 is 14.3 Å². The van der Waals surface area contributed by atoms with Gasteiger partial charge in [-0.3, -0.25) is 4.79 Å². The largest absolute Gasteiger partial charge is 0.493 e. The van der Waals surface area contributed by atoms with Gasteiger partial charge in [-0.05, 0) is 43.2 Å². The predicted octanol–water partition coefficient (Wildman–Crippen LogP) is 4.18. The van der Waals surface area contributed by atoms with Crippen molar-refractivity contribution in [1.82, 2.24) is 14.9 Å². The zero-order valence-electron chi connectivity index (χ0n) is 17.1. The van der Waals surface area contributed by atoms with Gasteiger partial charge in [0.25, 0.3) is 0 Å². The Morgan fingerprint density at radius 2 is 2.03 bits per heavy atom. The number of imidazole rings is 1. The summed E-state index contributed by atoms with van der Waals surface area (Å²) in [6.07, 6.45) is 4.81. The Labute approximate surface area is 171 Å². The van der Waals surface area contributed by atoms with E-state index in [-0.39, 0.29) is 5.91 Å². The molecule has 1 amide bonds. The summed E-state index contributed by atoms with van der Waals surface area (Å²) in [6, 6.07) is 13.9. The number of fused-ring (bicyclic) bond motifs is 1. The van der Waals surface area contributed by atoms with Crippen LogP contribution in [0.3, 0.4) is 0 Å². The van der Waals surface area contributed by atoms with Gasteiger partial charge >= 0.3 is 0 Å². The van der Waals surface area contributed by atoms with Crippen LogP contribution in [0.5, 0.6) is 11.5 Å². The molecule has 6 heteroatoms. The van der Waals surface area contributed by atoms with Crippen molar-refractivity contribution in [3.05, 3.63) is 59.9 Å². The van der Waals surface area contributed by atoms with Gasteiger partial charge in [-0.15, -0.1) is 0 Å². The first-order valence-corrected chi connectivity index (χ1v) is 9.74. The maximum absolute atomic E-state index is 11.3. The highest BCUT2D eigenvalue weighted by molar-refractivity contribution is 5.76. The molecule has 0 aliphatic carbocycles. The Morgan fingerprint density at radius 3 is 2.79 bits per heavy atom. The highest BCUT2D eigenvalue weighted by atomic mass is 16.5. The molecule has 0 unspecified atom stereocenters. The minimum absolute atomic E-state index is 0.0691. The second-order valence-electron chi connectivity index (χ2n) is 6.69. The molecule has 1 heterocycles. The first kappa shape index (κ1) is 20.5. The lowest BCUT2D eigenvalue weighted by atomic mass is 10.2. The van der Waals surface area contributed by atoms with Gasteiger partial charge in [0.15, 0.2) is 11.5 Å². The van der Waals surface area contributed by atoms with Gasteiger partial charge < -0.3 is 19.4 Å². The standard InChI is InChI=1S/C23H27N3O3/c1-4-8-18-11-12-21(22(15-18)28-3)29-14-7-13-26-20-10-6-5-9-19(20)25-23(26)16-24-17(2)27/h4-6,8-12,15H,7,13-14,16H2,1-3H3,(H,24,27)/b8-4+. The van der Waals surface area contributed by atoms with Crippen LogP contribution in [0.2, 0.25) is 0 Å². The fourth-order valence-corrected chi connectivity index (χ4v) is 3.22. The lowest BCUT2D eigenvalue weighted by molar-refractivity contribution is -0.119. The number of amides is 1. The molecule has 29 heavy (non-hydrogen) atoms. The smallest absolute Gasteiger partial charge is 0.217 e. The van der Waals surface area contributed by atoms with E-state index in [4.69, 9.17) is 9.47 Å². The topological polar surface area (TPSA) is 65.4 Å². The van der Waals surface area contributed by atoms with Crippen LogP contribution in [0.15, 0.2) is 48.5 Å². The monoisotopic (exact) mass is 393 g/mol. The number of allylic oxidation sites excluding steroid dienone is 1. The molecule has 1 N–H and O–H groups in total. The van der Waals surface area contributed by atoms with Crippen molar-refractivity contribution in [1.29, 1.82) is 0 Å². The van der Waals surface area contributed by atoms with E-state index in [1.165, 1.54) is 6.92 Å². The van der Waals surface area contributed by atoms with Crippen molar-refractivity contribution in [3.8, 4) is 11.5 Å². The van der Waals surface area contributed by atoms with Gasteiger partial charge in [-0.25, -0.2) is 4.98 Å². The summed E-state index contributed by atoms with van der Waals surface area (Å²) in [7, 11) is 1.65. The maximum Gasteiger partial charge on any atom is 0.217 e. The van der Waals surface area contributed by atoms with E-state index < -0.39 is 0 Å². The highest BCUT2D eigenvalue weighted by Gasteiger charge is 2.11. The summed E-state index contributed by atoms with van der Waals surface area (Å²) in [4.78, 5) is 16.0. The molecule has 0 saturated carbocycles. The van der Waals surface area contributed by atoms with Crippen molar-refractivity contribution in [2.24, 2.45) is 0 Å². The molecule has 0 atom stereocenters. The molecular weight excluding hydrogens is 366 g/mol. The maximum atomic E-state index is 11.3. The number of para-hydroxylation sites is 2. The number of benzene rings is 2. The number of hydrogen-bond donors (Lipinski definition) is 1. The summed E-state index contributed by atoms with van der Waals surface area (Å²) < 4.78 is 13.5. The van der Waals surface area contributed by atoms with E-state index in [0.29, 0.717) is 13.2 Å². The first-order valence-electron chi connectivity index (χ1n) is 9.74. The van der Waals surface area contributed by atoms with Crippen LogP contribution in [0.4, 0.5) is 0 Å². The number of ether oxygens (including phenoxy) is 2. The Morgan fingerprint density at radius 1 is 1.21 bits per heavy atom. The first-order chi connectivity index (χ1) is 14.1. The van der Waals surface area contributed by atoms with Gasteiger partial charge in [0, 0.05) is 13.5 Å². The number of carbonyl (C=O) groups excluding carboxylic acids is 1. The minimum Gasteiger partial charge on any atom is -0.493 e. The third-order valence-electron chi connectivity index (χ3n) is 4.56. The Hall–Kier alpha value is -3.28. The van der Waals surface area contributed by atoms with E-state index in [0.717, 1.165) is 46.9 Å². The summed E-state index contributed by atoms with van der Waals surface area (Å²) in [5.41, 5.74) is 3.06. The van der Waals surface area contributed by atoms with Gasteiger partial charge in [-0.1, -0.05) is 30.4 Å². The quantitative estimate of drug-likeness (QED) is 0.554. The second-order valence-corrected chi connectivity index (χ2v) is 6.69. The number of nitrogens with zero attached hydrogens (tertiary/aromatic N) is 2. The molecule has 152 valence electrons. The van der Waals surface area contributed by atoms with Crippen LogP contribution in [0.25, 0.3) is 17.1 Å². The number of aromatic nitrogens is 2. The SMILES string of the molecule is C/C=C/c1ccc(OCCCn2c(CNC(C)=O)nc3ccccc32)c(OC)c1.